The number of ether oxygens (including phenoxy) is 4. The number of rotatable bonds is 12. The van der Waals surface area contributed by atoms with Crippen LogP contribution in [0.4, 0.5) is 0 Å². The monoisotopic (exact) mass is 805 g/mol. The van der Waals surface area contributed by atoms with E-state index < -0.39 is 11.9 Å². The van der Waals surface area contributed by atoms with E-state index >= 15 is 0 Å². The van der Waals surface area contributed by atoms with Crippen molar-refractivity contribution < 1.29 is 47.7 Å². The summed E-state index contributed by atoms with van der Waals surface area (Å²) in [6.45, 7) is 32.3. The summed E-state index contributed by atoms with van der Waals surface area (Å²) in [6, 6.07) is 0. The lowest BCUT2D eigenvalue weighted by molar-refractivity contribution is -0.165. The topological polar surface area (TPSA) is 139 Å². The zero-order valence-corrected chi connectivity index (χ0v) is 38.6. The predicted octanol–water partition coefficient (Wildman–Crippen LogP) is 10.4. The molecule has 2 bridgehead atoms. The lowest BCUT2D eigenvalue weighted by Crippen LogP contribution is -2.36. The van der Waals surface area contributed by atoms with Crippen molar-refractivity contribution in [2.45, 2.75) is 186 Å². The van der Waals surface area contributed by atoms with Crippen LogP contribution in [-0.2, 0) is 47.7 Å². The molecule has 57 heavy (non-hydrogen) atoms. The third kappa shape index (κ3) is 17.8. The second kappa shape index (κ2) is 22.9. The lowest BCUT2D eigenvalue weighted by atomic mass is 9.76. The van der Waals surface area contributed by atoms with Gasteiger partial charge in [-0.2, -0.15) is 0 Å². The van der Waals surface area contributed by atoms with Gasteiger partial charge in [0.2, 0.25) is 0 Å². The first-order valence-corrected chi connectivity index (χ1v) is 21.8. The number of carbonyl (C=O) groups excluding carboxylic acids is 6. The third-order valence-corrected chi connectivity index (χ3v) is 12.4. The summed E-state index contributed by atoms with van der Waals surface area (Å²) in [7, 11) is 0. The van der Waals surface area contributed by atoms with Crippen molar-refractivity contribution in [3.05, 3.63) is 11.6 Å². The Kier molecular flexibility index (Phi) is 20.9. The second-order valence-corrected chi connectivity index (χ2v) is 19.6. The van der Waals surface area contributed by atoms with Crippen LogP contribution in [0.2, 0.25) is 0 Å². The molecule has 3 fully saturated rings. The van der Waals surface area contributed by atoms with E-state index in [0.717, 1.165) is 63.2 Å². The van der Waals surface area contributed by atoms with Gasteiger partial charge in [-0.25, -0.2) is 0 Å². The van der Waals surface area contributed by atoms with Crippen molar-refractivity contribution >= 4 is 35.6 Å². The van der Waals surface area contributed by atoms with Crippen LogP contribution in [0.25, 0.3) is 0 Å². The van der Waals surface area contributed by atoms with Crippen molar-refractivity contribution in [1.82, 2.24) is 0 Å². The molecule has 10 nitrogen and oxygen atoms in total. The lowest BCUT2D eigenvalue weighted by Gasteiger charge is -2.33. The van der Waals surface area contributed by atoms with Crippen molar-refractivity contribution in [3.8, 4) is 0 Å². The summed E-state index contributed by atoms with van der Waals surface area (Å²) in [6.07, 6.45) is 11.1. The molecule has 0 aromatic heterocycles. The average Bonchev–Trinajstić information content (AvgIpc) is 3.74. The maximum atomic E-state index is 12.2. The van der Waals surface area contributed by atoms with Crippen LogP contribution in [-0.4, -0.2) is 53.4 Å². The van der Waals surface area contributed by atoms with Crippen LogP contribution < -0.4 is 0 Å². The molecule has 4 aliphatic rings. The fourth-order valence-electron chi connectivity index (χ4n) is 7.47. The minimum Gasteiger partial charge on any atom is -0.465 e. The van der Waals surface area contributed by atoms with Crippen molar-refractivity contribution in [3.63, 3.8) is 0 Å². The Labute approximate surface area is 345 Å². The first-order chi connectivity index (χ1) is 26.2. The van der Waals surface area contributed by atoms with E-state index in [1.165, 1.54) is 12.0 Å². The molecule has 1 aliphatic heterocycles. The normalized spacial score (nSPS) is 27.2. The molecule has 9 unspecified atom stereocenters. The molecule has 1 saturated heterocycles. The Bertz CT molecular complexity index is 1360. The zero-order valence-electron chi connectivity index (χ0n) is 38.6. The molecule has 0 amide bonds. The SMILES string of the molecule is CC1C(=O)OC(=O)C1C.CCC(C)(C)OC(=O)C1CC2CC1C(C)C2C.CCC(C)C(=O)OC(C)(C)C.CCC(C)C(=O)OCCCCC1=CC(=O)CC(C)(C)C1. The molecule has 0 aromatic rings. The third-order valence-electron chi connectivity index (χ3n) is 12.4. The van der Waals surface area contributed by atoms with Crippen LogP contribution in [0, 0.1) is 58.7 Å². The van der Waals surface area contributed by atoms with Gasteiger partial charge in [0.15, 0.2) is 5.78 Å². The van der Waals surface area contributed by atoms with E-state index in [-0.39, 0.29) is 69.9 Å². The predicted molar refractivity (Wildman–Crippen MR) is 224 cm³/mol. The van der Waals surface area contributed by atoms with E-state index in [1.54, 1.807) is 13.8 Å². The molecule has 1 heterocycles. The minimum atomic E-state index is -0.396. The summed E-state index contributed by atoms with van der Waals surface area (Å²) in [5.41, 5.74) is 0.706. The number of cyclic esters (lactones) is 2. The van der Waals surface area contributed by atoms with Gasteiger partial charge in [0.05, 0.1) is 36.2 Å². The number of unbranched alkanes of at least 4 members (excludes halogenated alkanes) is 1. The molecule has 0 spiro atoms. The van der Waals surface area contributed by atoms with Crippen LogP contribution in [0.15, 0.2) is 11.6 Å². The van der Waals surface area contributed by atoms with Crippen molar-refractivity contribution in [2.75, 3.05) is 6.61 Å². The average molecular weight is 805 g/mol. The maximum Gasteiger partial charge on any atom is 0.317 e. The number of esters is 5. The van der Waals surface area contributed by atoms with Crippen LogP contribution >= 0.6 is 0 Å². The van der Waals surface area contributed by atoms with Gasteiger partial charge in [-0.1, -0.05) is 81.7 Å². The largest absolute Gasteiger partial charge is 0.465 e. The summed E-state index contributed by atoms with van der Waals surface area (Å²) in [4.78, 5) is 67.6. The first-order valence-electron chi connectivity index (χ1n) is 21.8. The van der Waals surface area contributed by atoms with Crippen molar-refractivity contribution in [1.29, 1.82) is 0 Å². The molecule has 0 radical (unpaired) electrons. The van der Waals surface area contributed by atoms with E-state index in [2.05, 4.69) is 39.4 Å². The Morgan fingerprint density at radius 3 is 1.75 bits per heavy atom. The molecule has 0 aromatic carbocycles. The first kappa shape index (κ1) is 52.0. The molecular formula is C47H80O10. The Hall–Kier alpha value is -3.04. The molecule has 0 N–H and O–H groups in total. The number of carbonyl (C=O) groups is 6. The standard InChI is InChI=1S/C17H28O3.C15H26O2.C9H18O2.C6H8O3/c1-5-13(2)16(19)20-9-7-6-8-14-10-15(18)12-17(3,4)11-14;1-6-15(4,5)17-14(16)13-8-11-7-12(13)10(3)9(11)2;1-6-7(2)8(10)11-9(3,4)5;1-3-4(2)6(8)9-5(3)7/h10,13H,5-9,11-12H2,1-4H3;9-13H,6-8H2,1-5H3;7H,6H2,1-5H3;3-4H,1-2H3. The zero-order chi connectivity index (χ0) is 44.1. The van der Waals surface area contributed by atoms with Crippen molar-refractivity contribution in [2.24, 2.45) is 58.7 Å². The molecule has 328 valence electrons. The molecule has 2 saturated carbocycles. The fraction of sp³-hybridized carbons (Fsp3) is 0.830. The van der Waals surface area contributed by atoms with Crippen LogP contribution in [0.1, 0.15) is 175 Å². The number of hydrogen-bond acceptors (Lipinski definition) is 10. The van der Waals surface area contributed by atoms with Gasteiger partial charge in [-0.3, -0.25) is 28.8 Å². The molecular weight excluding hydrogens is 725 g/mol. The highest BCUT2D eigenvalue weighted by Gasteiger charge is 2.52. The number of fused-ring (bicyclic) bond motifs is 2. The van der Waals surface area contributed by atoms with E-state index in [9.17, 15) is 28.8 Å². The highest BCUT2D eigenvalue weighted by molar-refractivity contribution is 5.95. The number of allylic oxidation sites excluding steroid dienone is 2. The van der Waals surface area contributed by atoms with Gasteiger partial charge in [0.1, 0.15) is 11.2 Å². The maximum absolute atomic E-state index is 12.2. The van der Waals surface area contributed by atoms with Gasteiger partial charge in [0, 0.05) is 6.42 Å². The molecule has 9 atom stereocenters. The van der Waals surface area contributed by atoms with E-state index in [1.807, 2.05) is 68.4 Å². The summed E-state index contributed by atoms with van der Waals surface area (Å²) in [5.74, 6) is 1.84. The van der Waals surface area contributed by atoms with Gasteiger partial charge in [0.25, 0.3) is 0 Å². The number of hydrogen-bond donors (Lipinski definition) is 0. The minimum absolute atomic E-state index is 0.00512. The fourth-order valence-corrected chi connectivity index (χ4v) is 7.47. The summed E-state index contributed by atoms with van der Waals surface area (Å²) >= 11 is 0. The Morgan fingerprint density at radius 2 is 1.33 bits per heavy atom. The summed E-state index contributed by atoms with van der Waals surface area (Å²) < 4.78 is 20.3. The van der Waals surface area contributed by atoms with Crippen LogP contribution in [0.3, 0.4) is 0 Å². The molecule has 10 heteroatoms. The molecule has 3 aliphatic carbocycles. The molecule has 4 rings (SSSR count). The number of ketones is 1. The summed E-state index contributed by atoms with van der Waals surface area (Å²) in [5, 5.41) is 0. The van der Waals surface area contributed by atoms with Gasteiger partial charge in [-0.05, 0) is 128 Å². The van der Waals surface area contributed by atoms with E-state index in [4.69, 9.17) is 14.2 Å². The quantitative estimate of drug-likeness (QED) is 0.0810. The Balaban J connectivity index is 0.000000398. The van der Waals surface area contributed by atoms with E-state index in [0.29, 0.717) is 24.9 Å². The van der Waals surface area contributed by atoms with Crippen LogP contribution in [0.5, 0.6) is 0 Å². The Morgan fingerprint density at radius 1 is 0.789 bits per heavy atom. The van der Waals surface area contributed by atoms with Gasteiger partial charge >= 0.3 is 29.8 Å². The second-order valence-electron chi connectivity index (χ2n) is 19.6. The van der Waals surface area contributed by atoms with Gasteiger partial charge in [-0.15, -0.1) is 0 Å². The smallest absolute Gasteiger partial charge is 0.317 e. The van der Waals surface area contributed by atoms with Gasteiger partial charge < -0.3 is 18.9 Å². The highest BCUT2D eigenvalue weighted by atomic mass is 16.6. The highest BCUT2D eigenvalue weighted by Crippen LogP contribution is 2.55.